The smallest absolute Gasteiger partial charge is 0.251 e. The van der Waals surface area contributed by atoms with Crippen molar-refractivity contribution in [1.29, 1.82) is 0 Å². The fourth-order valence-corrected chi connectivity index (χ4v) is 2.20. The first kappa shape index (κ1) is 15.9. The van der Waals surface area contributed by atoms with Crippen LogP contribution in [0.3, 0.4) is 0 Å². The van der Waals surface area contributed by atoms with Gasteiger partial charge in [-0.3, -0.25) is 9.59 Å². The number of nitrogens with one attached hydrogen (secondary N) is 1. The minimum Gasteiger partial charge on any atom is -0.368 e. The molecule has 116 valence electrons. The lowest BCUT2D eigenvalue weighted by Crippen LogP contribution is -2.24. The van der Waals surface area contributed by atoms with Crippen LogP contribution >= 0.6 is 12.2 Å². The largest absolute Gasteiger partial charge is 0.368 e. The minimum absolute atomic E-state index is 0.0848. The van der Waals surface area contributed by atoms with Crippen molar-refractivity contribution in [3.05, 3.63) is 46.0 Å². The molecule has 0 aliphatic heterocycles. The number of carbonyl (C=O) groups is 2. The highest BCUT2D eigenvalue weighted by atomic mass is 32.1. The van der Waals surface area contributed by atoms with Crippen LogP contribution in [0.2, 0.25) is 0 Å². The summed E-state index contributed by atoms with van der Waals surface area (Å²) in [6, 6.07) is 7.30. The molecule has 2 amide bonds. The number of amides is 2. The highest BCUT2D eigenvalue weighted by Crippen LogP contribution is 2.05. The van der Waals surface area contributed by atoms with Gasteiger partial charge in [0.15, 0.2) is 10.6 Å². The van der Waals surface area contributed by atoms with E-state index in [1.807, 2.05) is 19.1 Å². The number of hydrogen-bond donors (Lipinski definition) is 2. The van der Waals surface area contributed by atoms with E-state index in [1.165, 1.54) is 4.68 Å². The maximum absolute atomic E-state index is 12.1. The SMILES string of the molecule is Cc1cccc(C(=O)NCc2nn(CC(N)=O)c(=S)n2C)c1. The van der Waals surface area contributed by atoms with Crippen LogP contribution in [0.5, 0.6) is 0 Å². The topological polar surface area (TPSA) is 94.9 Å². The molecule has 1 aromatic carbocycles. The third kappa shape index (κ3) is 3.59. The Kier molecular flexibility index (Phi) is 4.71. The molecule has 0 saturated carbocycles. The zero-order valence-electron chi connectivity index (χ0n) is 12.4. The predicted octanol–water partition coefficient (Wildman–Crippen LogP) is 0.675. The number of carbonyl (C=O) groups excluding carboxylic acids is 2. The molecule has 0 radical (unpaired) electrons. The van der Waals surface area contributed by atoms with Crippen LogP contribution in [0.25, 0.3) is 0 Å². The number of benzene rings is 1. The summed E-state index contributed by atoms with van der Waals surface area (Å²) in [5.41, 5.74) is 6.73. The van der Waals surface area contributed by atoms with Crippen molar-refractivity contribution in [3.8, 4) is 0 Å². The van der Waals surface area contributed by atoms with E-state index < -0.39 is 5.91 Å². The lowest BCUT2D eigenvalue weighted by molar-refractivity contribution is -0.118. The standard InChI is InChI=1S/C14H17N5O2S/c1-9-4-3-5-10(6-9)13(21)16-7-12-17-19(8-11(15)20)14(22)18(12)2/h3-6H,7-8H2,1-2H3,(H2,15,20)(H,16,21). The van der Waals surface area contributed by atoms with E-state index in [4.69, 9.17) is 18.0 Å². The Morgan fingerprint density at radius 2 is 2.14 bits per heavy atom. The van der Waals surface area contributed by atoms with E-state index in [2.05, 4.69) is 10.4 Å². The van der Waals surface area contributed by atoms with Gasteiger partial charge in [0.25, 0.3) is 5.91 Å². The van der Waals surface area contributed by atoms with Crippen molar-refractivity contribution in [1.82, 2.24) is 19.7 Å². The number of primary amides is 1. The fraction of sp³-hybridized carbons (Fsp3) is 0.286. The van der Waals surface area contributed by atoms with Crippen LogP contribution in [0.15, 0.2) is 24.3 Å². The molecule has 0 saturated heterocycles. The molecular weight excluding hydrogens is 302 g/mol. The summed E-state index contributed by atoms with van der Waals surface area (Å²) >= 11 is 5.17. The second-order valence-corrected chi connectivity index (χ2v) is 5.30. The lowest BCUT2D eigenvalue weighted by Gasteiger charge is -2.05. The van der Waals surface area contributed by atoms with Crippen LogP contribution in [-0.2, 0) is 24.9 Å². The molecule has 1 heterocycles. The number of hydrogen-bond acceptors (Lipinski definition) is 4. The van der Waals surface area contributed by atoms with Crippen molar-refractivity contribution in [2.75, 3.05) is 0 Å². The van der Waals surface area contributed by atoms with E-state index >= 15 is 0 Å². The van der Waals surface area contributed by atoms with Gasteiger partial charge in [0, 0.05) is 12.6 Å². The third-order valence-corrected chi connectivity index (χ3v) is 3.61. The predicted molar refractivity (Wildman–Crippen MR) is 83.6 cm³/mol. The van der Waals surface area contributed by atoms with Gasteiger partial charge in [-0.05, 0) is 31.3 Å². The maximum atomic E-state index is 12.1. The Bertz CT molecular complexity index is 778. The van der Waals surface area contributed by atoms with Gasteiger partial charge >= 0.3 is 0 Å². The van der Waals surface area contributed by atoms with Crippen LogP contribution in [0, 0.1) is 11.7 Å². The average Bonchev–Trinajstić information content (AvgIpc) is 2.72. The Balaban J connectivity index is 2.10. The van der Waals surface area contributed by atoms with Crippen LogP contribution in [-0.4, -0.2) is 26.2 Å². The first-order valence-corrected chi connectivity index (χ1v) is 7.05. The summed E-state index contributed by atoms with van der Waals surface area (Å²) in [5.74, 6) is -0.170. The van der Waals surface area contributed by atoms with Crippen LogP contribution in [0.4, 0.5) is 0 Å². The summed E-state index contributed by atoms with van der Waals surface area (Å²) in [5, 5.41) is 6.97. The van der Waals surface area contributed by atoms with Gasteiger partial charge in [-0.25, -0.2) is 4.68 Å². The zero-order valence-corrected chi connectivity index (χ0v) is 13.2. The normalized spacial score (nSPS) is 10.5. The first-order valence-electron chi connectivity index (χ1n) is 6.64. The molecule has 0 atom stereocenters. The molecule has 7 nitrogen and oxygen atoms in total. The molecule has 0 aliphatic rings. The third-order valence-electron chi connectivity index (χ3n) is 3.12. The van der Waals surface area contributed by atoms with Gasteiger partial charge in [0.2, 0.25) is 5.91 Å². The highest BCUT2D eigenvalue weighted by molar-refractivity contribution is 7.71. The van der Waals surface area contributed by atoms with E-state index in [0.717, 1.165) is 5.56 Å². The van der Waals surface area contributed by atoms with Gasteiger partial charge in [0.05, 0.1) is 6.54 Å². The Labute approximate surface area is 132 Å². The van der Waals surface area contributed by atoms with Gasteiger partial charge in [0.1, 0.15) is 6.54 Å². The lowest BCUT2D eigenvalue weighted by atomic mass is 10.1. The molecule has 22 heavy (non-hydrogen) atoms. The molecule has 0 unspecified atom stereocenters. The number of aryl methyl sites for hydroxylation is 1. The molecule has 8 heteroatoms. The average molecular weight is 319 g/mol. The van der Waals surface area contributed by atoms with E-state index in [1.54, 1.807) is 23.7 Å². The zero-order chi connectivity index (χ0) is 16.3. The van der Waals surface area contributed by atoms with Gasteiger partial charge < -0.3 is 15.6 Å². The number of aromatic nitrogens is 3. The monoisotopic (exact) mass is 319 g/mol. The Morgan fingerprint density at radius 1 is 1.41 bits per heavy atom. The molecule has 2 aromatic rings. The van der Waals surface area contributed by atoms with Gasteiger partial charge in [-0.2, -0.15) is 5.10 Å². The molecular formula is C14H17N5O2S. The number of nitrogens with two attached hydrogens (primary N) is 1. The van der Waals surface area contributed by atoms with E-state index in [0.29, 0.717) is 16.2 Å². The molecule has 2 rings (SSSR count). The van der Waals surface area contributed by atoms with Crippen molar-refractivity contribution >= 4 is 24.0 Å². The fourth-order valence-electron chi connectivity index (χ4n) is 1.98. The summed E-state index contributed by atoms with van der Waals surface area (Å²) < 4.78 is 3.35. The van der Waals surface area contributed by atoms with Crippen molar-refractivity contribution in [2.24, 2.45) is 12.8 Å². The highest BCUT2D eigenvalue weighted by Gasteiger charge is 2.11. The molecule has 0 spiro atoms. The summed E-state index contributed by atoms with van der Waals surface area (Å²) in [6.45, 7) is 2.04. The quantitative estimate of drug-likeness (QED) is 0.792. The minimum atomic E-state index is -0.524. The number of nitrogens with zero attached hydrogens (tertiary/aromatic N) is 3. The second kappa shape index (κ2) is 6.52. The summed E-state index contributed by atoms with van der Waals surface area (Å²) in [7, 11) is 1.72. The molecule has 3 N–H and O–H groups in total. The van der Waals surface area contributed by atoms with Crippen molar-refractivity contribution in [3.63, 3.8) is 0 Å². The molecule has 0 fully saturated rings. The molecule has 0 bridgehead atoms. The Morgan fingerprint density at radius 3 is 2.77 bits per heavy atom. The van der Waals surface area contributed by atoms with Gasteiger partial charge in [-0.1, -0.05) is 17.7 Å². The summed E-state index contributed by atoms with van der Waals surface area (Å²) in [4.78, 5) is 23.1. The van der Waals surface area contributed by atoms with Crippen LogP contribution in [0.1, 0.15) is 21.7 Å². The molecule has 0 aliphatic carbocycles. The second-order valence-electron chi connectivity index (χ2n) is 4.93. The molecule has 1 aromatic heterocycles. The Hall–Kier alpha value is -2.48. The van der Waals surface area contributed by atoms with E-state index in [-0.39, 0.29) is 19.0 Å². The number of rotatable bonds is 5. The summed E-state index contributed by atoms with van der Waals surface area (Å²) in [6.07, 6.45) is 0. The van der Waals surface area contributed by atoms with Crippen molar-refractivity contribution < 1.29 is 9.59 Å². The van der Waals surface area contributed by atoms with Crippen LogP contribution < -0.4 is 11.1 Å². The maximum Gasteiger partial charge on any atom is 0.251 e. The van der Waals surface area contributed by atoms with E-state index in [9.17, 15) is 9.59 Å². The first-order chi connectivity index (χ1) is 10.4. The van der Waals surface area contributed by atoms with Gasteiger partial charge in [-0.15, -0.1) is 0 Å². The van der Waals surface area contributed by atoms with Crippen molar-refractivity contribution in [2.45, 2.75) is 20.0 Å².